The molecule has 1 saturated heterocycles. The maximum atomic E-state index is 6.17. The molecule has 0 amide bonds. The molecule has 0 N–H and O–H groups in total. The third-order valence-corrected chi connectivity index (χ3v) is 5.98. The van der Waals surface area contributed by atoms with Gasteiger partial charge in [-0.1, -0.05) is 6.07 Å². The highest BCUT2D eigenvalue weighted by Gasteiger charge is 2.43. The van der Waals surface area contributed by atoms with Gasteiger partial charge in [-0.3, -0.25) is 9.88 Å². The summed E-state index contributed by atoms with van der Waals surface area (Å²) < 4.78 is 12.3. The van der Waals surface area contributed by atoms with Crippen LogP contribution in [0.1, 0.15) is 28.2 Å². The molecule has 5 heteroatoms. The number of pyridine rings is 1. The first-order valence-corrected chi connectivity index (χ1v) is 9.53. The minimum atomic E-state index is 0.197. The lowest BCUT2D eigenvalue weighted by Gasteiger charge is -2.38. The number of hydrogen-bond acceptors (Lipinski definition) is 5. The van der Waals surface area contributed by atoms with Crippen LogP contribution < -0.4 is 0 Å². The molecule has 2 aliphatic rings. The Bertz CT molecular complexity index is 660. The van der Waals surface area contributed by atoms with E-state index in [0.29, 0.717) is 12.6 Å². The molecule has 0 bridgehead atoms. The molecule has 4 nitrogen and oxygen atoms in total. The van der Waals surface area contributed by atoms with Gasteiger partial charge in [-0.2, -0.15) is 0 Å². The smallest absolute Gasteiger partial charge is 0.0992 e. The van der Waals surface area contributed by atoms with Crippen LogP contribution in [0.5, 0.6) is 0 Å². The minimum Gasteiger partial charge on any atom is -0.373 e. The van der Waals surface area contributed by atoms with Crippen LogP contribution >= 0.6 is 11.3 Å². The number of aryl methyl sites for hydroxylation is 1. The molecule has 0 unspecified atom stereocenters. The average Bonchev–Trinajstić information content (AvgIpc) is 3.21. The number of morpholine rings is 1. The summed E-state index contributed by atoms with van der Waals surface area (Å²) in [5.74, 6) is 0. The number of fused-ring (bicyclic) bond motifs is 1. The molecule has 2 aromatic rings. The van der Waals surface area contributed by atoms with Gasteiger partial charge in [0.15, 0.2) is 0 Å². The van der Waals surface area contributed by atoms with Gasteiger partial charge in [-0.15, -0.1) is 11.3 Å². The summed E-state index contributed by atoms with van der Waals surface area (Å²) >= 11 is 1.90. The van der Waals surface area contributed by atoms with Crippen molar-refractivity contribution in [1.82, 2.24) is 9.88 Å². The highest BCUT2D eigenvalue weighted by atomic mass is 32.1. The molecule has 2 aromatic heterocycles. The summed E-state index contributed by atoms with van der Waals surface area (Å²) in [6, 6.07) is 8.98. The Morgan fingerprint density at radius 1 is 1.33 bits per heavy atom. The van der Waals surface area contributed by atoms with Crippen molar-refractivity contribution in [3.8, 4) is 0 Å². The summed E-state index contributed by atoms with van der Waals surface area (Å²) in [6.45, 7) is 5.66. The lowest BCUT2D eigenvalue weighted by atomic mass is 10.1. The van der Waals surface area contributed by atoms with Crippen LogP contribution in [0.25, 0.3) is 0 Å². The number of ether oxygens (including phenoxy) is 2. The van der Waals surface area contributed by atoms with E-state index in [0.717, 1.165) is 38.1 Å². The SMILES string of the molecule is Cc1ccc(CN2CCO[C@H]3[C@@H](OCc4cccnc4)CC[C@@H]32)s1. The first-order chi connectivity index (χ1) is 11.8. The fourth-order valence-corrected chi connectivity index (χ4v) is 4.74. The first-order valence-electron chi connectivity index (χ1n) is 8.71. The van der Waals surface area contributed by atoms with Crippen LogP contribution in [-0.2, 0) is 22.6 Å². The molecule has 0 aromatic carbocycles. The quantitative estimate of drug-likeness (QED) is 0.833. The predicted molar refractivity (Wildman–Crippen MR) is 95.0 cm³/mol. The van der Waals surface area contributed by atoms with Crippen molar-refractivity contribution in [3.63, 3.8) is 0 Å². The topological polar surface area (TPSA) is 34.6 Å². The van der Waals surface area contributed by atoms with Crippen molar-refractivity contribution in [2.45, 2.75) is 51.2 Å². The third kappa shape index (κ3) is 3.54. The van der Waals surface area contributed by atoms with Gasteiger partial charge in [0.05, 0.1) is 25.4 Å². The summed E-state index contributed by atoms with van der Waals surface area (Å²) in [7, 11) is 0. The van der Waals surface area contributed by atoms with E-state index in [1.54, 1.807) is 6.20 Å². The second kappa shape index (κ2) is 7.31. The number of rotatable bonds is 5. The Morgan fingerprint density at radius 3 is 3.08 bits per heavy atom. The van der Waals surface area contributed by atoms with Gasteiger partial charge in [-0.05, 0) is 43.5 Å². The second-order valence-corrected chi connectivity index (χ2v) is 8.05. The van der Waals surface area contributed by atoms with Crippen LogP contribution in [0.15, 0.2) is 36.7 Å². The predicted octanol–water partition coefficient (Wildman–Crippen LogP) is 3.40. The van der Waals surface area contributed by atoms with Crippen molar-refractivity contribution < 1.29 is 9.47 Å². The van der Waals surface area contributed by atoms with Gasteiger partial charge >= 0.3 is 0 Å². The van der Waals surface area contributed by atoms with Crippen LogP contribution in [0.4, 0.5) is 0 Å². The van der Waals surface area contributed by atoms with Crippen molar-refractivity contribution in [3.05, 3.63) is 52.0 Å². The van der Waals surface area contributed by atoms with Crippen LogP contribution in [-0.4, -0.2) is 41.3 Å². The Labute approximate surface area is 147 Å². The Hall–Kier alpha value is -1.27. The Kier molecular flexibility index (Phi) is 4.94. The summed E-state index contributed by atoms with van der Waals surface area (Å²) in [4.78, 5) is 9.58. The highest BCUT2D eigenvalue weighted by molar-refractivity contribution is 7.11. The van der Waals surface area contributed by atoms with Gasteiger partial charge in [0.1, 0.15) is 0 Å². The molecular formula is C19H24N2O2S. The summed E-state index contributed by atoms with van der Waals surface area (Å²) in [5.41, 5.74) is 1.13. The molecule has 0 spiro atoms. The van der Waals surface area contributed by atoms with E-state index in [1.807, 2.05) is 23.6 Å². The fraction of sp³-hybridized carbons (Fsp3) is 0.526. The molecule has 1 saturated carbocycles. The van der Waals surface area contributed by atoms with Crippen LogP contribution in [0.2, 0.25) is 0 Å². The zero-order valence-electron chi connectivity index (χ0n) is 14.1. The van der Waals surface area contributed by atoms with E-state index < -0.39 is 0 Å². The van der Waals surface area contributed by atoms with E-state index >= 15 is 0 Å². The molecule has 3 heterocycles. The van der Waals surface area contributed by atoms with Crippen molar-refractivity contribution >= 4 is 11.3 Å². The van der Waals surface area contributed by atoms with Gasteiger partial charge < -0.3 is 9.47 Å². The van der Waals surface area contributed by atoms with Crippen molar-refractivity contribution in [2.24, 2.45) is 0 Å². The van der Waals surface area contributed by atoms with Crippen molar-refractivity contribution in [1.29, 1.82) is 0 Å². The lowest BCUT2D eigenvalue weighted by molar-refractivity contribution is -0.118. The molecule has 4 rings (SSSR count). The van der Waals surface area contributed by atoms with Gasteiger partial charge in [0.25, 0.3) is 0 Å². The molecule has 3 atom stereocenters. The maximum Gasteiger partial charge on any atom is 0.0992 e. The van der Waals surface area contributed by atoms with Crippen molar-refractivity contribution in [2.75, 3.05) is 13.2 Å². The molecule has 24 heavy (non-hydrogen) atoms. The molecular weight excluding hydrogens is 320 g/mol. The maximum absolute atomic E-state index is 6.17. The highest BCUT2D eigenvalue weighted by Crippen LogP contribution is 2.34. The zero-order valence-corrected chi connectivity index (χ0v) is 14.9. The summed E-state index contributed by atoms with van der Waals surface area (Å²) in [6.07, 6.45) is 6.31. The van der Waals surface area contributed by atoms with Gasteiger partial charge in [0, 0.05) is 41.3 Å². The molecule has 128 valence electrons. The standard InChI is InChI=1S/C19H24N2O2S/c1-14-4-5-16(24-14)12-21-9-10-22-19-17(21)6-7-18(19)23-13-15-3-2-8-20-11-15/h2-5,8,11,17-19H,6-7,9-10,12-13H2,1H3/t17-,18-,19+/m0/s1. The molecule has 1 aliphatic carbocycles. The number of nitrogens with zero attached hydrogens (tertiary/aromatic N) is 2. The van der Waals surface area contributed by atoms with Gasteiger partial charge in [-0.25, -0.2) is 0 Å². The zero-order chi connectivity index (χ0) is 16.4. The average molecular weight is 344 g/mol. The molecule has 0 radical (unpaired) electrons. The normalized spacial score (nSPS) is 27.3. The third-order valence-electron chi connectivity index (χ3n) is 4.99. The molecule has 2 fully saturated rings. The van der Waals surface area contributed by atoms with E-state index in [4.69, 9.17) is 9.47 Å². The molecule has 1 aliphatic heterocycles. The van der Waals surface area contributed by atoms with Crippen LogP contribution in [0, 0.1) is 6.92 Å². The Morgan fingerprint density at radius 2 is 2.29 bits per heavy atom. The lowest BCUT2D eigenvalue weighted by Crippen LogP contribution is -2.51. The van der Waals surface area contributed by atoms with Crippen LogP contribution in [0.3, 0.4) is 0 Å². The largest absolute Gasteiger partial charge is 0.373 e. The Balaban J connectivity index is 1.37. The van der Waals surface area contributed by atoms with E-state index in [9.17, 15) is 0 Å². The van der Waals surface area contributed by atoms with E-state index in [-0.39, 0.29) is 12.2 Å². The van der Waals surface area contributed by atoms with Gasteiger partial charge in [0.2, 0.25) is 0 Å². The monoisotopic (exact) mass is 344 g/mol. The number of aromatic nitrogens is 1. The van der Waals surface area contributed by atoms with E-state index in [2.05, 4.69) is 35.0 Å². The second-order valence-electron chi connectivity index (χ2n) is 6.67. The number of hydrogen-bond donors (Lipinski definition) is 0. The summed E-state index contributed by atoms with van der Waals surface area (Å²) in [5, 5.41) is 0. The fourth-order valence-electron chi connectivity index (χ4n) is 3.82. The van der Waals surface area contributed by atoms with E-state index in [1.165, 1.54) is 9.75 Å². The first kappa shape index (κ1) is 16.2. The minimum absolute atomic E-state index is 0.197. The number of thiophene rings is 1.